The molecule has 4 bridgehead atoms. The number of carbonyl (C=O) groups excluding carboxylic acids is 2. The Morgan fingerprint density at radius 3 is 1.89 bits per heavy atom. The van der Waals surface area contributed by atoms with E-state index in [0.717, 1.165) is 43.7 Å². The standard InChI is InChI=1S/C23H38N2O2/c1-15(23-12-16-9-17(13-23)11-18(10-16)14-23)24-20(26)19-5-7-25(8-6-19)21(27)22(2,3)4/h15-19H,5-14H2,1-4H3,(H,24,26)/t15-,16?,17?,18?,23?/m0/s1. The smallest absolute Gasteiger partial charge is 0.227 e. The summed E-state index contributed by atoms with van der Waals surface area (Å²) in [6, 6.07) is 0.299. The molecule has 152 valence electrons. The molecule has 4 aliphatic carbocycles. The number of rotatable bonds is 3. The van der Waals surface area contributed by atoms with Crippen molar-refractivity contribution in [2.75, 3.05) is 13.1 Å². The van der Waals surface area contributed by atoms with E-state index in [9.17, 15) is 9.59 Å². The minimum Gasteiger partial charge on any atom is -0.353 e. The fourth-order valence-electron chi connectivity index (χ4n) is 7.01. The Hall–Kier alpha value is -1.06. The maximum Gasteiger partial charge on any atom is 0.227 e. The van der Waals surface area contributed by atoms with Crippen molar-refractivity contribution in [1.82, 2.24) is 10.2 Å². The van der Waals surface area contributed by atoms with Crippen LogP contribution in [0.25, 0.3) is 0 Å². The maximum absolute atomic E-state index is 13.0. The van der Waals surface area contributed by atoms with Gasteiger partial charge in [0.25, 0.3) is 0 Å². The van der Waals surface area contributed by atoms with Crippen LogP contribution in [-0.4, -0.2) is 35.8 Å². The Kier molecular flexibility index (Phi) is 4.83. The molecule has 4 heteroatoms. The summed E-state index contributed by atoms with van der Waals surface area (Å²) in [6.45, 7) is 9.63. The van der Waals surface area contributed by atoms with Crippen molar-refractivity contribution in [2.24, 2.45) is 34.5 Å². The van der Waals surface area contributed by atoms with Gasteiger partial charge in [0.15, 0.2) is 0 Å². The number of nitrogens with one attached hydrogen (secondary N) is 1. The van der Waals surface area contributed by atoms with Gasteiger partial charge in [-0.2, -0.15) is 0 Å². The second kappa shape index (κ2) is 6.77. The van der Waals surface area contributed by atoms with E-state index in [2.05, 4.69) is 12.2 Å². The van der Waals surface area contributed by atoms with Gasteiger partial charge < -0.3 is 10.2 Å². The first-order valence-electron chi connectivity index (χ1n) is 11.3. The summed E-state index contributed by atoms with van der Waals surface area (Å²) in [7, 11) is 0. The molecule has 2 amide bonds. The summed E-state index contributed by atoms with van der Waals surface area (Å²) >= 11 is 0. The van der Waals surface area contributed by atoms with Gasteiger partial charge in [0, 0.05) is 30.5 Å². The van der Waals surface area contributed by atoms with Gasteiger partial charge in [-0.25, -0.2) is 0 Å². The van der Waals surface area contributed by atoms with Crippen LogP contribution in [0, 0.1) is 34.5 Å². The molecule has 4 nitrogen and oxygen atoms in total. The van der Waals surface area contributed by atoms with Gasteiger partial charge in [-0.15, -0.1) is 0 Å². The Labute approximate surface area is 164 Å². The zero-order chi connectivity index (χ0) is 19.4. The number of amides is 2. The SMILES string of the molecule is C[C@H](NC(=O)C1CCN(C(=O)C(C)(C)C)CC1)C12CC3CC(CC(C3)C1)C2. The van der Waals surface area contributed by atoms with E-state index < -0.39 is 0 Å². The fraction of sp³-hybridized carbons (Fsp3) is 0.913. The summed E-state index contributed by atoms with van der Waals surface area (Å²) in [6.07, 6.45) is 9.94. The first-order chi connectivity index (χ1) is 12.7. The molecule has 1 aliphatic heterocycles. The Morgan fingerprint density at radius 1 is 0.963 bits per heavy atom. The monoisotopic (exact) mass is 374 g/mol. The van der Waals surface area contributed by atoms with Gasteiger partial charge in [-0.05, 0) is 81.5 Å². The second-order valence-electron chi connectivity index (χ2n) is 11.3. The quantitative estimate of drug-likeness (QED) is 0.812. The molecule has 1 heterocycles. The van der Waals surface area contributed by atoms with Crippen LogP contribution in [0.5, 0.6) is 0 Å². The third-order valence-electron chi connectivity index (χ3n) is 8.16. The van der Waals surface area contributed by atoms with E-state index in [1.165, 1.54) is 38.5 Å². The molecule has 5 aliphatic rings. The zero-order valence-corrected chi connectivity index (χ0v) is 17.7. The predicted octanol–water partition coefficient (Wildman–Crippen LogP) is 3.99. The first-order valence-corrected chi connectivity index (χ1v) is 11.3. The minimum atomic E-state index is -0.331. The third kappa shape index (κ3) is 3.65. The summed E-state index contributed by atoms with van der Waals surface area (Å²) in [4.78, 5) is 27.4. The topological polar surface area (TPSA) is 49.4 Å². The van der Waals surface area contributed by atoms with E-state index in [1.54, 1.807) is 0 Å². The molecule has 0 aromatic carbocycles. The minimum absolute atomic E-state index is 0.0744. The molecule has 1 atom stereocenters. The van der Waals surface area contributed by atoms with E-state index in [1.807, 2.05) is 25.7 Å². The van der Waals surface area contributed by atoms with Gasteiger partial charge >= 0.3 is 0 Å². The average molecular weight is 375 g/mol. The molecule has 5 fully saturated rings. The van der Waals surface area contributed by atoms with Crippen LogP contribution >= 0.6 is 0 Å². The molecule has 27 heavy (non-hydrogen) atoms. The first kappa shape index (κ1) is 19.3. The van der Waals surface area contributed by atoms with Crippen LogP contribution in [-0.2, 0) is 9.59 Å². The highest BCUT2D eigenvalue weighted by Gasteiger charge is 2.53. The summed E-state index contributed by atoms with van der Waals surface area (Å²) in [5.74, 6) is 3.28. The molecular weight excluding hydrogens is 336 g/mol. The van der Waals surface area contributed by atoms with Crippen molar-refractivity contribution in [1.29, 1.82) is 0 Å². The molecule has 0 unspecified atom stereocenters. The molecule has 0 aromatic rings. The third-order valence-corrected chi connectivity index (χ3v) is 8.16. The van der Waals surface area contributed by atoms with Crippen molar-refractivity contribution in [3.05, 3.63) is 0 Å². The van der Waals surface area contributed by atoms with Gasteiger partial charge in [0.05, 0.1) is 0 Å². The lowest BCUT2D eigenvalue weighted by Gasteiger charge is -2.59. The molecule has 0 spiro atoms. The van der Waals surface area contributed by atoms with Crippen molar-refractivity contribution >= 4 is 11.8 Å². The van der Waals surface area contributed by atoms with Gasteiger partial charge in [-0.1, -0.05) is 20.8 Å². The van der Waals surface area contributed by atoms with Crippen LogP contribution < -0.4 is 5.32 Å². The number of carbonyl (C=O) groups is 2. The van der Waals surface area contributed by atoms with Crippen molar-refractivity contribution in [3.63, 3.8) is 0 Å². The fourth-order valence-corrected chi connectivity index (χ4v) is 7.01. The number of nitrogens with zero attached hydrogens (tertiary/aromatic N) is 1. The van der Waals surface area contributed by atoms with Gasteiger partial charge in [0.1, 0.15) is 0 Å². The Morgan fingerprint density at radius 2 is 1.44 bits per heavy atom. The summed E-state index contributed by atoms with van der Waals surface area (Å²) in [5, 5.41) is 3.44. The summed E-state index contributed by atoms with van der Waals surface area (Å²) in [5.41, 5.74) is 0.0371. The lowest BCUT2D eigenvalue weighted by Crippen LogP contribution is -2.57. The average Bonchev–Trinajstić information content (AvgIpc) is 2.59. The van der Waals surface area contributed by atoms with Crippen LogP contribution in [0.1, 0.15) is 79.1 Å². The van der Waals surface area contributed by atoms with Gasteiger partial charge in [-0.3, -0.25) is 9.59 Å². The second-order valence-corrected chi connectivity index (χ2v) is 11.3. The van der Waals surface area contributed by atoms with Crippen LogP contribution in [0.15, 0.2) is 0 Å². The van der Waals surface area contributed by atoms with Crippen molar-refractivity contribution < 1.29 is 9.59 Å². The molecule has 1 saturated heterocycles. The lowest BCUT2D eigenvalue weighted by molar-refractivity contribution is -0.143. The highest BCUT2D eigenvalue weighted by molar-refractivity contribution is 5.82. The number of piperidine rings is 1. The number of hydrogen-bond acceptors (Lipinski definition) is 2. The van der Waals surface area contributed by atoms with Crippen LogP contribution in [0.2, 0.25) is 0 Å². The molecule has 5 rings (SSSR count). The zero-order valence-electron chi connectivity index (χ0n) is 17.7. The normalized spacial score (nSPS) is 37.3. The molecule has 4 saturated carbocycles. The van der Waals surface area contributed by atoms with Crippen LogP contribution in [0.3, 0.4) is 0 Å². The van der Waals surface area contributed by atoms with E-state index in [4.69, 9.17) is 0 Å². The molecular formula is C23H38N2O2. The van der Waals surface area contributed by atoms with Crippen LogP contribution in [0.4, 0.5) is 0 Å². The molecule has 0 aromatic heterocycles. The number of hydrogen-bond donors (Lipinski definition) is 1. The lowest BCUT2D eigenvalue weighted by atomic mass is 9.48. The van der Waals surface area contributed by atoms with Gasteiger partial charge in [0.2, 0.25) is 11.8 Å². The Bertz CT molecular complexity index is 563. The predicted molar refractivity (Wildman–Crippen MR) is 107 cm³/mol. The number of likely N-dealkylation sites (tertiary alicyclic amines) is 1. The Balaban J connectivity index is 1.32. The molecule has 0 radical (unpaired) electrons. The van der Waals surface area contributed by atoms with Crippen molar-refractivity contribution in [3.8, 4) is 0 Å². The van der Waals surface area contributed by atoms with E-state index in [0.29, 0.717) is 11.5 Å². The van der Waals surface area contributed by atoms with E-state index in [-0.39, 0.29) is 23.1 Å². The van der Waals surface area contributed by atoms with Crippen molar-refractivity contribution in [2.45, 2.75) is 85.1 Å². The summed E-state index contributed by atoms with van der Waals surface area (Å²) < 4.78 is 0. The molecule has 1 N–H and O–H groups in total. The highest BCUT2D eigenvalue weighted by Crippen LogP contribution is 2.61. The highest BCUT2D eigenvalue weighted by atomic mass is 16.2. The maximum atomic E-state index is 13.0. The largest absolute Gasteiger partial charge is 0.353 e. The van der Waals surface area contributed by atoms with E-state index >= 15 is 0 Å².